The molecule has 1 atom stereocenters. The third-order valence-electron chi connectivity index (χ3n) is 5.45. The van der Waals surface area contributed by atoms with E-state index in [4.69, 9.17) is 11.6 Å². The second-order valence-corrected chi connectivity index (χ2v) is 10.3. The second-order valence-electron chi connectivity index (χ2n) is 8.78. The van der Waals surface area contributed by atoms with Gasteiger partial charge in [0.15, 0.2) is 0 Å². The van der Waals surface area contributed by atoms with Gasteiger partial charge in [0.25, 0.3) is 5.91 Å². The summed E-state index contributed by atoms with van der Waals surface area (Å²) in [4.78, 5) is 27.0. The molecule has 0 aromatic heterocycles. The van der Waals surface area contributed by atoms with Crippen LogP contribution in [0.4, 0.5) is 11.4 Å². The number of nitrogens with one attached hydrogen (secondary N) is 1. The average Bonchev–Trinajstić information content (AvgIpc) is 3.15. The Bertz CT molecular complexity index is 1140. The first-order valence-corrected chi connectivity index (χ1v) is 11.9. The van der Waals surface area contributed by atoms with Gasteiger partial charge in [-0.3, -0.25) is 14.5 Å². The van der Waals surface area contributed by atoms with Gasteiger partial charge in [0, 0.05) is 11.4 Å². The molecule has 1 saturated heterocycles. The van der Waals surface area contributed by atoms with Crippen molar-refractivity contribution in [3.8, 4) is 0 Å². The zero-order valence-corrected chi connectivity index (χ0v) is 19.8. The Kier molecular flexibility index (Phi) is 6.31. The van der Waals surface area contributed by atoms with Crippen LogP contribution in [0.5, 0.6) is 0 Å². The Balaban J connectivity index is 1.52. The zero-order valence-electron chi connectivity index (χ0n) is 18.3. The van der Waals surface area contributed by atoms with Crippen LogP contribution in [-0.2, 0) is 10.2 Å². The highest BCUT2D eigenvalue weighted by Crippen LogP contribution is 2.42. The molecule has 0 bridgehead atoms. The van der Waals surface area contributed by atoms with Gasteiger partial charge in [-0.15, -0.1) is 11.8 Å². The van der Waals surface area contributed by atoms with Crippen molar-refractivity contribution >= 4 is 46.6 Å². The molecule has 3 aromatic carbocycles. The first kappa shape index (κ1) is 22.4. The van der Waals surface area contributed by atoms with E-state index in [2.05, 4.69) is 38.2 Å². The van der Waals surface area contributed by atoms with Crippen molar-refractivity contribution in [2.75, 3.05) is 16.0 Å². The van der Waals surface area contributed by atoms with Gasteiger partial charge in [-0.2, -0.15) is 0 Å². The van der Waals surface area contributed by atoms with Crippen molar-refractivity contribution in [3.05, 3.63) is 94.5 Å². The van der Waals surface area contributed by atoms with Crippen molar-refractivity contribution in [2.24, 2.45) is 0 Å². The number of thioether (sulfide) groups is 1. The fourth-order valence-electron chi connectivity index (χ4n) is 3.65. The third kappa shape index (κ3) is 4.69. The Hall–Kier alpha value is -2.76. The van der Waals surface area contributed by atoms with Gasteiger partial charge >= 0.3 is 0 Å². The summed E-state index contributed by atoms with van der Waals surface area (Å²) in [6.07, 6.45) is 0. The van der Waals surface area contributed by atoms with E-state index in [-0.39, 0.29) is 22.6 Å². The van der Waals surface area contributed by atoms with Crippen LogP contribution in [0, 0.1) is 0 Å². The Morgan fingerprint density at radius 3 is 2.28 bits per heavy atom. The highest BCUT2D eigenvalue weighted by atomic mass is 35.5. The predicted octanol–water partition coefficient (Wildman–Crippen LogP) is 6.67. The molecule has 6 heteroatoms. The molecule has 3 aromatic rings. The lowest BCUT2D eigenvalue weighted by molar-refractivity contribution is -0.115. The Labute approximate surface area is 198 Å². The van der Waals surface area contributed by atoms with Crippen LogP contribution in [-0.4, -0.2) is 17.6 Å². The molecule has 1 heterocycles. The summed E-state index contributed by atoms with van der Waals surface area (Å²) >= 11 is 7.72. The summed E-state index contributed by atoms with van der Waals surface area (Å²) in [5, 5.41) is 3.19. The second kappa shape index (κ2) is 9.00. The molecule has 0 spiro atoms. The van der Waals surface area contributed by atoms with E-state index >= 15 is 0 Å². The molecule has 164 valence electrons. The van der Waals surface area contributed by atoms with Crippen molar-refractivity contribution in [1.82, 2.24) is 0 Å². The number of anilines is 2. The maximum Gasteiger partial charge on any atom is 0.257 e. The van der Waals surface area contributed by atoms with Crippen LogP contribution in [0.15, 0.2) is 72.8 Å². The topological polar surface area (TPSA) is 49.4 Å². The fourth-order valence-corrected chi connectivity index (χ4v) is 5.05. The van der Waals surface area contributed by atoms with E-state index in [1.54, 1.807) is 36.0 Å². The highest BCUT2D eigenvalue weighted by molar-refractivity contribution is 8.00. The number of nitrogens with zero attached hydrogens (tertiary/aromatic N) is 1. The van der Waals surface area contributed by atoms with Crippen LogP contribution < -0.4 is 10.2 Å². The number of rotatable bonds is 4. The zero-order chi connectivity index (χ0) is 22.9. The summed E-state index contributed by atoms with van der Waals surface area (Å²) in [7, 11) is 0. The van der Waals surface area contributed by atoms with Gasteiger partial charge in [0.05, 0.1) is 16.3 Å². The van der Waals surface area contributed by atoms with Crippen LogP contribution in [0.3, 0.4) is 0 Å². The highest BCUT2D eigenvalue weighted by Gasteiger charge is 2.34. The minimum atomic E-state index is -0.255. The maximum absolute atomic E-state index is 12.7. The molecule has 0 saturated carbocycles. The van der Waals surface area contributed by atoms with Gasteiger partial charge in [0.1, 0.15) is 5.37 Å². The number of carbonyl (C=O) groups is 2. The molecule has 4 rings (SSSR count). The predicted molar refractivity (Wildman–Crippen MR) is 134 cm³/mol. The van der Waals surface area contributed by atoms with E-state index in [9.17, 15) is 9.59 Å². The number of benzene rings is 3. The average molecular weight is 465 g/mol. The number of amides is 2. The molecule has 4 nitrogen and oxygen atoms in total. The first-order chi connectivity index (χ1) is 15.2. The summed E-state index contributed by atoms with van der Waals surface area (Å²) in [6.45, 7) is 6.52. The van der Waals surface area contributed by atoms with Gasteiger partial charge in [0.2, 0.25) is 5.91 Å². The normalized spacial score (nSPS) is 16.3. The van der Waals surface area contributed by atoms with Crippen molar-refractivity contribution in [1.29, 1.82) is 0 Å². The molecule has 1 fully saturated rings. The van der Waals surface area contributed by atoms with Crippen molar-refractivity contribution in [2.45, 2.75) is 31.6 Å². The molecule has 0 radical (unpaired) electrons. The molecule has 1 aliphatic heterocycles. The lowest BCUT2D eigenvalue weighted by Gasteiger charge is -2.26. The summed E-state index contributed by atoms with van der Waals surface area (Å²) in [5.41, 5.74) is 4.31. The SMILES string of the molecule is CC(C)(C)c1ccc(N2C(=O)CSC2c2ccc(NC(=O)c3ccccc3Cl)cc2)cc1. The fraction of sp³-hybridized carbons (Fsp3) is 0.231. The van der Waals surface area contributed by atoms with E-state index in [1.807, 2.05) is 41.3 Å². The molecule has 1 aliphatic rings. The van der Waals surface area contributed by atoms with E-state index in [0.29, 0.717) is 22.0 Å². The van der Waals surface area contributed by atoms with Gasteiger partial charge in [-0.25, -0.2) is 0 Å². The first-order valence-electron chi connectivity index (χ1n) is 10.4. The molecule has 2 amide bonds. The van der Waals surface area contributed by atoms with Crippen LogP contribution in [0.1, 0.15) is 47.6 Å². The Morgan fingerprint density at radius 1 is 1.00 bits per heavy atom. The molecule has 32 heavy (non-hydrogen) atoms. The molecular weight excluding hydrogens is 440 g/mol. The summed E-state index contributed by atoms with van der Waals surface area (Å²) < 4.78 is 0. The molecular formula is C26H25ClN2O2S. The molecule has 1 N–H and O–H groups in total. The van der Waals surface area contributed by atoms with Gasteiger partial charge in [-0.05, 0) is 52.9 Å². The lowest BCUT2D eigenvalue weighted by Crippen LogP contribution is -2.28. The largest absolute Gasteiger partial charge is 0.322 e. The van der Waals surface area contributed by atoms with E-state index in [1.165, 1.54) is 5.56 Å². The van der Waals surface area contributed by atoms with Crippen LogP contribution in [0.25, 0.3) is 0 Å². The lowest BCUT2D eigenvalue weighted by atomic mass is 9.87. The Morgan fingerprint density at radius 2 is 1.66 bits per heavy atom. The van der Waals surface area contributed by atoms with Crippen molar-refractivity contribution < 1.29 is 9.59 Å². The summed E-state index contributed by atoms with van der Waals surface area (Å²) in [6, 6.07) is 22.8. The van der Waals surface area contributed by atoms with E-state index in [0.717, 1.165) is 11.3 Å². The third-order valence-corrected chi connectivity index (χ3v) is 6.99. The number of carbonyl (C=O) groups excluding carboxylic acids is 2. The minimum Gasteiger partial charge on any atom is -0.322 e. The van der Waals surface area contributed by atoms with Crippen LogP contribution in [0.2, 0.25) is 5.02 Å². The maximum atomic E-state index is 12.7. The molecule has 0 aliphatic carbocycles. The van der Waals surface area contributed by atoms with Gasteiger partial charge < -0.3 is 5.32 Å². The monoisotopic (exact) mass is 464 g/mol. The standard InChI is InChI=1S/C26H25ClN2O2S/c1-26(2,3)18-10-14-20(15-11-18)29-23(30)16-32-25(29)17-8-12-19(13-9-17)28-24(31)21-6-4-5-7-22(21)27/h4-15,25H,16H2,1-3H3,(H,28,31). The van der Waals surface area contributed by atoms with Crippen molar-refractivity contribution in [3.63, 3.8) is 0 Å². The quantitative estimate of drug-likeness (QED) is 0.469. The van der Waals surface area contributed by atoms with Crippen LogP contribution >= 0.6 is 23.4 Å². The number of hydrogen-bond acceptors (Lipinski definition) is 3. The smallest absolute Gasteiger partial charge is 0.257 e. The molecule has 1 unspecified atom stereocenters. The van der Waals surface area contributed by atoms with E-state index < -0.39 is 0 Å². The number of halogens is 1. The minimum absolute atomic E-state index is 0.0615. The summed E-state index contributed by atoms with van der Waals surface area (Å²) in [5.74, 6) is 0.283. The number of hydrogen-bond donors (Lipinski definition) is 1. The van der Waals surface area contributed by atoms with Gasteiger partial charge in [-0.1, -0.05) is 68.8 Å².